The minimum absolute atomic E-state index is 0.0755. The van der Waals surface area contributed by atoms with Crippen LogP contribution in [0.4, 0.5) is 0 Å². The summed E-state index contributed by atoms with van der Waals surface area (Å²) in [7, 11) is 1.87. The van der Waals surface area contributed by atoms with E-state index in [1.165, 1.54) is 0 Å². The molecule has 0 spiro atoms. The smallest absolute Gasteiger partial charge is 0.236 e. The van der Waals surface area contributed by atoms with Gasteiger partial charge in [0, 0.05) is 31.4 Å². The van der Waals surface area contributed by atoms with Gasteiger partial charge in [-0.1, -0.05) is 18.2 Å². The fourth-order valence-corrected chi connectivity index (χ4v) is 2.59. The van der Waals surface area contributed by atoms with E-state index >= 15 is 0 Å². The van der Waals surface area contributed by atoms with Crippen LogP contribution in [0.3, 0.4) is 0 Å². The normalized spacial score (nSPS) is 10.3. The average molecular weight is 350 g/mol. The topological polar surface area (TPSA) is 88.9 Å². The first-order valence-corrected chi connectivity index (χ1v) is 8.43. The Morgan fingerprint density at radius 3 is 2.42 bits per heavy atom. The van der Waals surface area contributed by atoms with Gasteiger partial charge in [-0.3, -0.25) is 9.69 Å². The molecule has 0 unspecified atom stereocenters. The van der Waals surface area contributed by atoms with Gasteiger partial charge >= 0.3 is 0 Å². The van der Waals surface area contributed by atoms with Crippen LogP contribution in [0.2, 0.25) is 0 Å². The summed E-state index contributed by atoms with van der Waals surface area (Å²) in [6.07, 6.45) is 4.27. The molecule has 0 N–H and O–H groups in total. The Morgan fingerprint density at radius 1 is 1.15 bits per heavy atom. The summed E-state index contributed by atoms with van der Waals surface area (Å²) in [6.45, 7) is 1.53. The van der Waals surface area contributed by atoms with E-state index in [9.17, 15) is 4.79 Å². The van der Waals surface area contributed by atoms with Crippen LogP contribution in [0.5, 0.6) is 0 Å². The highest BCUT2D eigenvalue weighted by molar-refractivity contribution is 5.78. The van der Waals surface area contributed by atoms with Crippen LogP contribution in [0.1, 0.15) is 18.4 Å². The molecule has 1 amide bonds. The number of carbonyl (C=O) groups excluding carboxylic acids is 1. The minimum atomic E-state index is -0.0755. The van der Waals surface area contributed by atoms with E-state index < -0.39 is 0 Å². The molecular weight excluding hydrogens is 328 g/mol. The molecule has 0 saturated carbocycles. The van der Waals surface area contributed by atoms with Gasteiger partial charge in [0.25, 0.3) is 0 Å². The minimum Gasteiger partial charge on any atom is -0.340 e. The summed E-state index contributed by atoms with van der Waals surface area (Å²) in [5, 5.41) is 21.8. The molecule has 0 fully saturated rings. The van der Waals surface area contributed by atoms with Crippen LogP contribution >= 0.6 is 0 Å². The van der Waals surface area contributed by atoms with Crippen LogP contribution in [0.25, 0.3) is 5.69 Å². The first-order valence-electron chi connectivity index (χ1n) is 8.43. The Hall–Kier alpha value is -3.16. The summed E-state index contributed by atoms with van der Waals surface area (Å²) in [5.41, 5.74) is 1.99. The zero-order valence-corrected chi connectivity index (χ0v) is 14.9. The molecular formula is C19H22N6O. The fourth-order valence-electron chi connectivity index (χ4n) is 2.59. The predicted molar refractivity (Wildman–Crippen MR) is 96.9 cm³/mol. The average Bonchev–Trinajstić information content (AvgIpc) is 3.10. The zero-order chi connectivity index (χ0) is 18.8. The van der Waals surface area contributed by atoms with E-state index in [0.29, 0.717) is 19.6 Å². The highest BCUT2D eigenvalue weighted by atomic mass is 16.2. The lowest BCUT2D eigenvalue weighted by molar-refractivity contribution is -0.132. The molecule has 26 heavy (non-hydrogen) atoms. The maximum atomic E-state index is 12.4. The molecule has 7 nitrogen and oxygen atoms in total. The maximum absolute atomic E-state index is 12.4. The highest BCUT2D eigenvalue weighted by Gasteiger charge is 2.15. The van der Waals surface area contributed by atoms with Gasteiger partial charge in [-0.2, -0.15) is 15.6 Å². The van der Waals surface area contributed by atoms with Crippen LogP contribution in [-0.2, 0) is 11.3 Å². The van der Waals surface area contributed by atoms with Crippen molar-refractivity contribution in [2.45, 2.75) is 19.4 Å². The summed E-state index contributed by atoms with van der Waals surface area (Å²) in [5.74, 6) is -0.0755. The van der Waals surface area contributed by atoms with Gasteiger partial charge in [-0.05, 0) is 19.2 Å². The number of nitriles is 2. The second kappa shape index (κ2) is 9.97. The summed E-state index contributed by atoms with van der Waals surface area (Å²) in [6, 6.07) is 13.9. The maximum Gasteiger partial charge on any atom is 0.236 e. The van der Waals surface area contributed by atoms with Gasteiger partial charge < -0.3 is 4.90 Å². The lowest BCUT2D eigenvalue weighted by Crippen LogP contribution is -2.39. The van der Waals surface area contributed by atoms with Crippen LogP contribution in [0, 0.1) is 22.7 Å². The van der Waals surface area contributed by atoms with Crippen molar-refractivity contribution in [1.29, 1.82) is 10.5 Å². The van der Waals surface area contributed by atoms with Crippen molar-refractivity contribution in [3.8, 4) is 17.8 Å². The predicted octanol–water partition coefficient (Wildman–Crippen LogP) is 1.96. The molecule has 7 heteroatoms. The number of hydrogen-bond acceptors (Lipinski definition) is 5. The number of para-hydroxylation sites is 1. The molecule has 2 aromatic rings. The summed E-state index contributed by atoms with van der Waals surface area (Å²) < 4.78 is 1.80. The van der Waals surface area contributed by atoms with Gasteiger partial charge in [0.15, 0.2) is 0 Å². The van der Waals surface area contributed by atoms with Gasteiger partial charge in [0.05, 0.1) is 43.4 Å². The first kappa shape index (κ1) is 19.2. The van der Waals surface area contributed by atoms with E-state index in [4.69, 9.17) is 10.5 Å². The summed E-state index contributed by atoms with van der Waals surface area (Å²) in [4.78, 5) is 15.9. The second-order valence-corrected chi connectivity index (χ2v) is 6.00. The van der Waals surface area contributed by atoms with E-state index in [0.717, 1.165) is 11.3 Å². The Balaban J connectivity index is 1.92. The Bertz CT molecular complexity index is 768. The molecule has 0 radical (unpaired) electrons. The number of likely N-dealkylation sites (N-methyl/N-ethyl adjacent to an activating group) is 1. The van der Waals surface area contributed by atoms with Crippen molar-refractivity contribution in [2.24, 2.45) is 0 Å². The summed E-state index contributed by atoms with van der Waals surface area (Å²) >= 11 is 0. The highest BCUT2D eigenvalue weighted by Crippen LogP contribution is 2.09. The molecule has 0 aliphatic carbocycles. The Kier molecular flexibility index (Phi) is 7.35. The Morgan fingerprint density at radius 2 is 1.81 bits per heavy atom. The third kappa shape index (κ3) is 5.73. The van der Waals surface area contributed by atoms with E-state index in [1.807, 2.05) is 60.6 Å². The van der Waals surface area contributed by atoms with Crippen molar-refractivity contribution in [2.75, 3.05) is 26.7 Å². The number of rotatable bonds is 9. The Labute approximate surface area is 153 Å². The van der Waals surface area contributed by atoms with E-state index in [1.54, 1.807) is 15.8 Å². The molecule has 0 aliphatic heterocycles. The lowest BCUT2D eigenvalue weighted by Gasteiger charge is -2.23. The molecule has 1 aromatic carbocycles. The third-order valence-electron chi connectivity index (χ3n) is 3.85. The largest absolute Gasteiger partial charge is 0.340 e. The number of carbonyl (C=O) groups is 1. The first-order chi connectivity index (χ1) is 12.6. The van der Waals surface area contributed by atoms with Crippen molar-refractivity contribution < 1.29 is 4.79 Å². The van der Waals surface area contributed by atoms with Gasteiger partial charge in [-0.15, -0.1) is 0 Å². The molecule has 1 aromatic heterocycles. The van der Waals surface area contributed by atoms with Crippen molar-refractivity contribution in [3.63, 3.8) is 0 Å². The van der Waals surface area contributed by atoms with Crippen molar-refractivity contribution >= 4 is 5.91 Å². The number of nitrogens with zero attached hydrogens (tertiary/aromatic N) is 6. The van der Waals surface area contributed by atoms with Crippen molar-refractivity contribution in [3.05, 3.63) is 48.3 Å². The van der Waals surface area contributed by atoms with Crippen LogP contribution in [0.15, 0.2) is 42.7 Å². The van der Waals surface area contributed by atoms with E-state index in [-0.39, 0.29) is 25.3 Å². The quantitative estimate of drug-likeness (QED) is 0.690. The van der Waals surface area contributed by atoms with Crippen LogP contribution in [-0.4, -0.2) is 52.2 Å². The SMILES string of the molecule is CN(CC(=O)N(CCC#N)CCC#N)Cc1cnn(-c2ccccc2)c1. The number of benzene rings is 1. The van der Waals surface area contributed by atoms with Gasteiger partial charge in [0.1, 0.15) is 0 Å². The lowest BCUT2D eigenvalue weighted by atomic mass is 10.3. The standard InChI is InChI=1S/C19H22N6O/c1-23(16-19(26)24(11-5-9-20)12-6-10-21)14-17-13-22-25(15-17)18-7-3-2-4-8-18/h2-4,7-8,13,15H,5-6,11-12,14,16H2,1H3. The van der Waals surface area contributed by atoms with Crippen LogP contribution < -0.4 is 0 Å². The molecule has 0 atom stereocenters. The molecule has 134 valence electrons. The zero-order valence-electron chi connectivity index (χ0n) is 14.9. The van der Waals surface area contributed by atoms with Crippen molar-refractivity contribution in [1.82, 2.24) is 19.6 Å². The molecule has 1 heterocycles. The number of hydrogen-bond donors (Lipinski definition) is 0. The monoisotopic (exact) mass is 350 g/mol. The molecule has 0 saturated heterocycles. The third-order valence-corrected chi connectivity index (χ3v) is 3.85. The molecule has 0 aliphatic rings. The number of amides is 1. The van der Waals surface area contributed by atoms with Gasteiger partial charge in [0.2, 0.25) is 5.91 Å². The fraction of sp³-hybridized carbons (Fsp3) is 0.368. The molecule has 0 bridgehead atoms. The number of aromatic nitrogens is 2. The molecule has 2 rings (SSSR count). The van der Waals surface area contributed by atoms with E-state index in [2.05, 4.69) is 5.10 Å². The van der Waals surface area contributed by atoms with Gasteiger partial charge in [-0.25, -0.2) is 4.68 Å². The second-order valence-electron chi connectivity index (χ2n) is 6.00.